The first kappa shape index (κ1) is 22.4. The first-order chi connectivity index (χ1) is 15.0. The van der Waals surface area contributed by atoms with Crippen molar-refractivity contribution in [2.45, 2.75) is 13.0 Å². The van der Waals surface area contributed by atoms with Gasteiger partial charge >= 0.3 is 6.03 Å². The van der Waals surface area contributed by atoms with Gasteiger partial charge in [0, 0.05) is 23.8 Å². The Morgan fingerprint density at radius 3 is 2.23 bits per heavy atom. The van der Waals surface area contributed by atoms with Crippen molar-refractivity contribution in [2.24, 2.45) is 0 Å². The van der Waals surface area contributed by atoms with E-state index in [4.69, 9.17) is 21.1 Å². The molecular formula is C24H24ClFN2O3. The summed E-state index contributed by atoms with van der Waals surface area (Å²) in [5, 5.41) is 3.48. The number of nitrogens with zero attached hydrogens (tertiary/aromatic N) is 1. The van der Waals surface area contributed by atoms with Crippen molar-refractivity contribution in [3.8, 4) is 11.5 Å². The molecule has 0 unspecified atom stereocenters. The predicted molar refractivity (Wildman–Crippen MR) is 121 cm³/mol. The molecule has 0 bridgehead atoms. The van der Waals surface area contributed by atoms with Crippen LogP contribution in [0.2, 0.25) is 5.02 Å². The van der Waals surface area contributed by atoms with Gasteiger partial charge in [0.1, 0.15) is 5.82 Å². The van der Waals surface area contributed by atoms with Gasteiger partial charge in [-0.1, -0.05) is 29.8 Å². The van der Waals surface area contributed by atoms with Crippen molar-refractivity contribution in [1.29, 1.82) is 0 Å². The lowest BCUT2D eigenvalue weighted by atomic mass is 10.1. The lowest BCUT2D eigenvalue weighted by Gasteiger charge is -2.24. The average Bonchev–Trinajstić information content (AvgIpc) is 2.79. The summed E-state index contributed by atoms with van der Waals surface area (Å²) in [5.74, 6) is 0.969. The molecular weight excluding hydrogens is 419 g/mol. The molecule has 0 atom stereocenters. The Kier molecular flexibility index (Phi) is 7.73. The van der Waals surface area contributed by atoms with Crippen LogP contribution in [0, 0.1) is 5.82 Å². The number of nitrogens with one attached hydrogen (secondary N) is 1. The Morgan fingerprint density at radius 1 is 0.935 bits per heavy atom. The predicted octanol–water partition coefficient (Wildman–Crippen LogP) is 5.77. The molecule has 5 nitrogen and oxygen atoms in total. The summed E-state index contributed by atoms with van der Waals surface area (Å²) >= 11 is 5.92. The SMILES string of the molecule is COc1ccc(CCN(Cc2ccc(F)cc2)C(=O)Nc2ccc(Cl)cc2)cc1OC. The molecule has 7 heteroatoms. The molecule has 0 heterocycles. The van der Waals surface area contributed by atoms with Crippen LogP contribution in [0.5, 0.6) is 11.5 Å². The summed E-state index contributed by atoms with van der Waals surface area (Å²) in [5.41, 5.74) is 2.48. The third-order valence-electron chi connectivity index (χ3n) is 4.79. The molecule has 3 aromatic rings. The van der Waals surface area contributed by atoms with E-state index >= 15 is 0 Å². The lowest BCUT2D eigenvalue weighted by Crippen LogP contribution is -2.36. The Labute approximate surface area is 186 Å². The zero-order valence-electron chi connectivity index (χ0n) is 17.4. The molecule has 0 aliphatic heterocycles. The van der Waals surface area contributed by atoms with Gasteiger partial charge in [-0.2, -0.15) is 0 Å². The average molecular weight is 443 g/mol. The van der Waals surface area contributed by atoms with Gasteiger partial charge in [-0.05, 0) is 66.1 Å². The fraction of sp³-hybridized carbons (Fsp3) is 0.208. The third-order valence-corrected chi connectivity index (χ3v) is 5.04. The second kappa shape index (κ2) is 10.7. The van der Waals surface area contributed by atoms with Gasteiger partial charge in [0.05, 0.1) is 14.2 Å². The number of urea groups is 1. The molecule has 3 rings (SSSR count). The number of benzene rings is 3. The summed E-state index contributed by atoms with van der Waals surface area (Å²) in [7, 11) is 3.17. The fourth-order valence-electron chi connectivity index (χ4n) is 3.10. The number of carbonyl (C=O) groups is 1. The highest BCUT2D eigenvalue weighted by Crippen LogP contribution is 2.28. The van der Waals surface area contributed by atoms with Gasteiger partial charge in [-0.25, -0.2) is 9.18 Å². The summed E-state index contributed by atoms with van der Waals surface area (Å²) in [6.07, 6.45) is 0.607. The smallest absolute Gasteiger partial charge is 0.322 e. The van der Waals surface area contributed by atoms with Crippen LogP contribution in [0.4, 0.5) is 14.9 Å². The Hall–Kier alpha value is -3.25. The number of halogens is 2. The van der Waals surface area contributed by atoms with Gasteiger partial charge in [0.15, 0.2) is 11.5 Å². The number of anilines is 1. The van der Waals surface area contributed by atoms with E-state index in [0.29, 0.717) is 41.7 Å². The Morgan fingerprint density at radius 2 is 1.58 bits per heavy atom. The van der Waals surface area contributed by atoms with Crippen molar-refractivity contribution in [2.75, 3.05) is 26.1 Å². The van der Waals surface area contributed by atoms with E-state index in [-0.39, 0.29) is 11.8 Å². The Balaban J connectivity index is 1.75. The number of methoxy groups -OCH3 is 2. The van der Waals surface area contributed by atoms with Gasteiger partial charge in [-0.3, -0.25) is 0 Å². The van der Waals surface area contributed by atoms with Crippen LogP contribution < -0.4 is 14.8 Å². The minimum absolute atomic E-state index is 0.257. The number of amides is 2. The quantitative estimate of drug-likeness (QED) is 0.481. The van der Waals surface area contributed by atoms with Crippen LogP contribution in [0.1, 0.15) is 11.1 Å². The van der Waals surface area contributed by atoms with Crippen LogP contribution in [0.3, 0.4) is 0 Å². The minimum atomic E-state index is -0.314. The molecule has 0 saturated heterocycles. The van der Waals surface area contributed by atoms with E-state index in [0.717, 1.165) is 11.1 Å². The van der Waals surface area contributed by atoms with E-state index < -0.39 is 0 Å². The minimum Gasteiger partial charge on any atom is -0.493 e. The number of rotatable bonds is 8. The normalized spacial score (nSPS) is 10.5. The van der Waals surface area contributed by atoms with Gasteiger partial charge < -0.3 is 19.7 Å². The van der Waals surface area contributed by atoms with Gasteiger partial charge in [-0.15, -0.1) is 0 Å². The molecule has 0 radical (unpaired) electrons. The maximum Gasteiger partial charge on any atom is 0.322 e. The van der Waals surface area contributed by atoms with Crippen molar-refractivity contribution in [1.82, 2.24) is 4.90 Å². The van der Waals surface area contributed by atoms with E-state index in [2.05, 4.69) is 5.32 Å². The summed E-state index contributed by atoms with van der Waals surface area (Å²) < 4.78 is 23.9. The van der Waals surface area contributed by atoms with E-state index in [1.165, 1.54) is 12.1 Å². The van der Waals surface area contributed by atoms with E-state index in [1.807, 2.05) is 18.2 Å². The molecule has 0 saturated carbocycles. The maximum atomic E-state index is 13.3. The van der Waals surface area contributed by atoms with Gasteiger partial charge in [0.2, 0.25) is 0 Å². The lowest BCUT2D eigenvalue weighted by molar-refractivity contribution is 0.210. The zero-order valence-corrected chi connectivity index (χ0v) is 18.2. The number of hydrogen-bond acceptors (Lipinski definition) is 3. The zero-order chi connectivity index (χ0) is 22.2. The number of carbonyl (C=O) groups excluding carboxylic acids is 1. The van der Waals surface area contributed by atoms with E-state index in [9.17, 15) is 9.18 Å². The molecule has 1 N–H and O–H groups in total. The van der Waals surface area contributed by atoms with E-state index in [1.54, 1.807) is 55.5 Å². The molecule has 0 aliphatic rings. The van der Waals surface area contributed by atoms with Crippen molar-refractivity contribution >= 4 is 23.3 Å². The van der Waals surface area contributed by atoms with Crippen LogP contribution in [-0.4, -0.2) is 31.7 Å². The molecule has 3 aromatic carbocycles. The first-order valence-electron chi connectivity index (χ1n) is 9.75. The monoisotopic (exact) mass is 442 g/mol. The largest absolute Gasteiger partial charge is 0.493 e. The topological polar surface area (TPSA) is 50.8 Å². The van der Waals surface area contributed by atoms with Crippen molar-refractivity contribution < 1.29 is 18.7 Å². The third kappa shape index (κ3) is 6.36. The molecule has 0 aromatic heterocycles. The number of hydrogen-bond donors (Lipinski definition) is 1. The molecule has 2 amide bonds. The van der Waals surface area contributed by atoms with Crippen molar-refractivity contribution in [3.05, 3.63) is 88.7 Å². The number of ether oxygens (including phenoxy) is 2. The molecule has 0 fully saturated rings. The molecule has 162 valence electrons. The first-order valence-corrected chi connectivity index (χ1v) is 10.1. The highest BCUT2D eigenvalue weighted by atomic mass is 35.5. The fourth-order valence-corrected chi connectivity index (χ4v) is 3.22. The van der Waals surface area contributed by atoms with Crippen molar-refractivity contribution in [3.63, 3.8) is 0 Å². The second-order valence-corrected chi connectivity index (χ2v) is 7.36. The summed E-state index contributed by atoms with van der Waals surface area (Å²) in [6, 6.07) is 18.4. The van der Waals surface area contributed by atoms with Gasteiger partial charge in [0.25, 0.3) is 0 Å². The highest BCUT2D eigenvalue weighted by Gasteiger charge is 2.15. The Bertz CT molecular complexity index is 1010. The molecule has 0 aliphatic carbocycles. The summed E-state index contributed by atoms with van der Waals surface area (Å²) in [6.45, 7) is 0.791. The van der Waals surface area contributed by atoms with Crippen LogP contribution in [-0.2, 0) is 13.0 Å². The van der Waals surface area contributed by atoms with Crippen LogP contribution in [0.25, 0.3) is 0 Å². The van der Waals surface area contributed by atoms with Crippen LogP contribution in [0.15, 0.2) is 66.7 Å². The molecule has 0 spiro atoms. The molecule has 31 heavy (non-hydrogen) atoms. The standard InChI is InChI=1S/C24H24ClFN2O3/c1-30-22-12-5-17(15-23(22)31-2)13-14-28(16-18-3-8-20(26)9-4-18)24(29)27-21-10-6-19(25)7-11-21/h3-12,15H,13-14,16H2,1-2H3,(H,27,29). The maximum absolute atomic E-state index is 13.3. The second-order valence-electron chi connectivity index (χ2n) is 6.92. The summed E-state index contributed by atoms with van der Waals surface area (Å²) in [4.78, 5) is 14.7. The van der Waals surface area contributed by atoms with Crippen LogP contribution >= 0.6 is 11.6 Å². The highest BCUT2D eigenvalue weighted by molar-refractivity contribution is 6.30.